The Morgan fingerprint density at radius 1 is 1.56 bits per heavy atom. The molecule has 0 saturated heterocycles. The van der Waals surface area contributed by atoms with Crippen LogP contribution in [0.25, 0.3) is 0 Å². The van der Waals surface area contributed by atoms with Crippen molar-refractivity contribution in [1.29, 1.82) is 0 Å². The minimum atomic E-state index is -0.380. The van der Waals surface area contributed by atoms with Crippen LogP contribution in [0.2, 0.25) is 0 Å². The van der Waals surface area contributed by atoms with Gasteiger partial charge in [-0.15, -0.1) is 0 Å². The number of hydrogen-bond donors (Lipinski definition) is 2. The van der Waals surface area contributed by atoms with Crippen LogP contribution in [-0.2, 0) is 11.2 Å². The van der Waals surface area contributed by atoms with Crippen molar-refractivity contribution in [2.75, 3.05) is 12.8 Å². The highest BCUT2D eigenvalue weighted by Gasteiger charge is 2.21. The zero-order chi connectivity index (χ0) is 11.5. The molecule has 16 heavy (non-hydrogen) atoms. The average Bonchev–Trinajstić information content (AvgIpc) is 2.28. The summed E-state index contributed by atoms with van der Waals surface area (Å²) < 4.78 is 4.62. The van der Waals surface area contributed by atoms with E-state index in [-0.39, 0.29) is 12.1 Å². The van der Waals surface area contributed by atoms with Crippen LogP contribution in [0.5, 0.6) is 0 Å². The number of amides is 1. The first kappa shape index (κ1) is 10.8. The second-order valence-corrected chi connectivity index (χ2v) is 4.04. The summed E-state index contributed by atoms with van der Waals surface area (Å²) in [6.07, 6.45) is 2.66. The van der Waals surface area contributed by atoms with Gasteiger partial charge < -0.3 is 15.8 Å². The molecule has 1 aromatic carbocycles. The molecule has 1 unspecified atom stereocenters. The van der Waals surface area contributed by atoms with Crippen molar-refractivity contribution in [3.8, 4) is 0 Å². The van der Waals surface area contributed by atoms with E-state index in [0.717, 1.165) is 30.5 Å². The standard InChI is InChI=1S/C12H16N2O2/c1-16-12(15)14-11-4-2-3-8-7-9(13)5-6-10(8)11/h5-7,11H,2-4,13H2,1H3,(H,14,15). The van der Waals surface area contributed by atoms with Crippen LogP contribution in [0.3, 0.4) is 0 Å². The van der Waals surface area contributed by atoms with Gasteiger partial charge in [0.1, 0.15) is 0 Å². The molecule has 0 radical (unpaired) electrons. The monoisotopic (exact) mass is 220 g/mol. The van der Waals surface area contributed by atoms with Crippen molar-refractivity contribution in [2.24, 2.45) is 0 Å². The fourth-order valence-corrected chi connectivity index (χ4v) is 2.19. The maximum atomic E-state index is 11.2. The number of methoxy groups -OCH3 is 1. The second-order valence-electron chi connectivity index (χ2n) is 4.04. The molecule has 1 aromatic rings. The highest BCUT2D eigenvalue weighted by Crippen LogP contribution is 2.30. The first-order valence-corrected chi connectivity index (χ1v) is 5.43. The topological polar surface area (TPSA) is 64.3 Å². The van der Waals surface area contributed by atoms with Gasteiger partial charge in [0.2, 0.25) is 0 Å². The van der Waals surface area contributed by atoms with Gasteiger partial charge in [0.25, 0.3) is 0 Å². The molecule has 0 heterocycles. The number of nitrogen functional groups attached to an aromatic ring is 1. The van der Waals surface area contributed by atoms with Gasteiger partial charge in [0.05, 0.1) is 13.2 Å². The Hall–Kier alpha value is -1.71. The van der Waals surface area contributed by atoms with Crippen LogP contribution in [-0.4, -0.2) is 13.2 Å². The largest absolute Gasteiger partial charge is 0.453 e. The molecule has 4 nitrogen and oxygen atoms in total. The Kier molecular flexibility index (Phi) is 2.99. The first-order chi connectivity index (χ1) is 7.70. The van der Waals surface area contributed by atoms with Crippen LogP contribution in [0, 0.1) is 0 Å². The summed E-state index contributed by atoms with van der Waals surface area (Å²) in [6.45, 7) is 0. The molecule has 1 aliphatic rings. The molecular formula is C12H16N2O2. The number of ether oxygens (including phenoxy) is 1. The van der Waals surface area contributed by atoms with E-state index in [1.54, 1.807) is 0 Å². The average molecular weight is 220 g/mol. The number of nitrogens with two attached hydrogens (primary N) is 1. The Morgan fingerprint density at radius 3 is 3.12 bits per heavy atom. The van der Waals surface area contributed by atoms with E-state index in [2.05, 4.69) is 10.1 Å². The number of fused-ring (bicyclic) bond motifs is 1. The predicted octanol–water partition coefficient (Wildman–Crippen LogP) is 2.00. The molecule has 4 heteroatoms. The molecule has 0 aliphatic heterocycles. The quantitative estimate of drug-likeness (QED) is 0.711. The summed E-state index contributed by atoms with van der Waals surface area (Å²) in [4.78, 5) is 11.2. The SMILES string of the molecule is COC(=O)NC1CCCc2cc(N)ccc21. The molecule has 1 aliphatic carbocycles. The van der Waals surface area contributed by atoms with Crippen LogP contribution in [0.4, 0.5) is 10.5 Å². The maximum Gasteiger partial charge on any atom is 0.407 e. The lowest BCUT2D eigenvalue weighted by atomic mass is 9.87. The lowest BCUT2D eigenvalue weighted by Gasteiger charge is -2.26. The minimum Gasteiger partial charge on any atom is -0.453 e. The fourth-order valence-electron chi connectivity index (χ4n) is 2.19. The van der Waals surface area contributed by atoms with Gasteiger partial charge in [-0.3, -0.25) is 0 Å². The number of carbonyl (C=O) groups is 1. The summed E-state index contributed by atoms with van der Waals surface area (Å²) in [5.41, 5.74) is 8.91. The molecule has 1 amide bonds. The smallest absolute Gasteiger partial charge is 0.407 e. The molecule has 0 saturated carbocycles. The second kappa shape index (κ2) is 4.43. The molecule has 3 N–H and O–H groups in total. The van der Waals surface area contributed by atoms with E-state index in [9.17, 15) is 4.79 Å². The zero-order valence-electron chi connectivity index (χ0n) is 9.32. The zero-order valence-corrected chi connectivity index (χ0v) is 9.32. The van der Waals surface area contributed by atoms with Crippen molar-refractivity contribution < 1.29 is 9.53 Å². The Balaban J connectivity index is 2.23. The normalized spacial score (nSPS) is 18.7. The number of alkyl carbamates (subject to hydrolysis) is 1. The highest BCUT2D eigenvalue weighted by atomic mass is 16.5. The number of aryl methyl sites for hydroxylation is 1. The molecule has 1 atom stereocenters. The number of nitrogens with one attached hydrogen (secondary N) is 1. The number of benzene rings is 1. The summed E-state index contributed by atoms with van der Waals surface area (Å²) in [6, 6.07) is 5.90. The van der Waals surface area contributed by atoms with E-state index < -0.39 is 0 Å². The van der Waals surface area contributed by atoms with Crippen LogP contribution in [0.1, 0.15) is 30.0 Å². The Bertz CT molecular complexity index is 404. The summed E-state index contributed by atoms with van der Waals surface area (Å²) in [5.74, 6) is 0. The third-order valence-electron chi connectivity index (χ3n) is 2.96. The predicted molar refractivity (Wildman–Crippen MR) is 62.1 cm³/mol. The number of rotatable bonds is 1. The fraction of sp³-hybridized carbons (Fsp3) is 0.417. The minimum absolute atomic E-state index is 0.0526. The van der Waals surface area contributed by atoms with Gasteiger partial charge in [-0.25, -0.2) is 4.79 Å². The van der Waals surface area contributed by atoms with E-state index in [4.69, 9.17) is 5.73 Å². The lowest BCUT2D eigenvalue weighted by Crippen LogP contribution is -2.30. The Morgan fingerprint density at radius 2 is 2.38 bits per heavy atom. The highest BCUT2D eigenvalue weighted by molar-refractivity contribution is 5.68. The molecule has 0 spiro atoms. The van der Waals surface area contributed by atoms with E-state index >= 15 is 0 Å². The Labute approximate surface area is 94.8 Å². The number of carbonyl (C=O) groups excluding carboxylic acids is 1. The molecule has 2 rings (SSSR count). The van der Waals surface area contributed by atoms with Gasteiger partial charge in [0, 0.05) is 5.69 Å². The van der Waals surface area contributed by atoms with Gasteiger partial charge >= 0.3 is 6.09 Å². The van der Waals surface area contributed by atoms with E-state index in [1.165, 1.54) is 12.7 Å². The molecule has 0 aromatic heterocycles. The first-order valence-electron chi connectivity index (χ1n) is 5.43. The number of hydrogen-bond acceptors (Lipinski definition) is 3. The van der Waals surface area contributed by atoms with Crippen molar-refractivity contribution in [3.63, 3.8) is 0 Å². The van der Waals surface area contributed by atoms with Gasteiger partial charge in [-0.2, -0.15) is 0 Å². The van der Waals surface area contributed by atoms with Crippen molar-refractivity contribution in [2.45, 2.75) is 25.3 Å². The summed E-state index contributed by atoms with van der Waals surface area (Å²) >= 11 is 0. The molecular weight excluding hydrogens is 204 g/mol. The van der Waals surface area contributed by atoms with Crippen molar-refractivity contribution >= 4 is 11.8 Å². The van der Waals surface area contributed by atoms with Crippen LogP contribution < -0.4 is 11.1 Å². The van der Waals surface area contributed by atoms with Gasteiger partial charge in [0.15, 0.2) is 0 Å². The van der Waals surface area contributed by atoms with E-state index in [1.807, 2.05) is 18.2 Å². The van der Waals surface area contributed by atoms with Crippen molar-refractivity contribution in [1.82, 2.24) is 5.32 Å². The molecule has 0 bridgehead atoms. The van der Waals surface area contributed by atoms with Crippen LogP contribution in [0.15, 0.2) is 18.2 Å². The third-order valence-corrected chi connectivity index (χ3v) is 2.96. The maximum absolute atomic E-state index is 11.2. The van der Waals surface area contributed by atoms with Crippen LogP contribution >= 0.6 is 0 Å². The third kappa shape index (κ3) is 2.10. The van der Waals surface area contributed by atoms with Gasteiger partial charge in [-0.1, -0.05) is 6.07 Å². The number of anilines is 1. The van der Waals surface area contributed by atoms with E-state index in [0.29, 0.717) is 0 Å². The van der Waals surface area contributed by atoms with Crippen molar-refractivity contribution in [3.05, 3.63) is 29.3 Å². The molecule has 0 fully saturated rings. The summed E-state index contributed by atoms with van der Waals surface area (Å²) in [7, 11) is 1.38. The summed E-state index contributed by atoms with van der Waals surface area (Å²) in [5, 5.41) is 2.84. The lowest BCUT2D eigenvalue weighted by molar-refractivity contribution is 0.165. The molecule has 86 valence electrons. The van der Waals surface area contributed by atoms with Gasteiger partial charge in [-0.05, 0) is 42.5 Å².